The molecular weight excluding hydrogens is 637 g/mol. The number of ether oxygens (including phenoxy) is 2. The fourth-order valence-corrected chi connectivity index (χ4v) is 7.25. The standard InChI is InChI=1S/C48H78N2O2/c1-3-5-7-9-11-13-15-17-19-21-23-25-27-31-41-49-43-33-29-35-47(49)51-45-37-39-46(40-38-45)52-48-36-30-34-44-50(48)42-32-28-26-24-22-20-18-16-14-12-10-8-6-4-2/h29-30,33-40,43-44H,3-28,31-32,41-42H2,1-2H3/q+2. The Balaban J connectivity index is 1.27. The van der Waals surface area contributed by atoms with Gasteiger partial charge in [0.1, 0.15) is 11.5 Å². The van der Waals surface area contributed by atoms with Crippen LogP contribution in [0, 0.1) is 0 Å². The summed E-state index contributed by atoms with van der Waals surface area (Å²) in [4.78, 5) is 0. The Bertz CT molecular complexity index is 1150. The molecule has 0 atom stereocenters. The highest BCUT2D eigenvalue weighted by Crippen LogP contribution is 2.25. The van der Waals surface area contributed by atoms with Gasteiger partial charge in [-0.1, -0.05) is 168 Å². The van der Waals surface area contributed by atoms with Crippen LogP contribution in [-0.4, -0.2) is 0 Å². The van der Waals surface area contributed by atoms with Crippen LogP contribution in [0.25, 0.3) is 0 Å². The Morgan fingerprint density at radius 3 is 0.885 bits per heavy atom. The van der Waals surface area contributed by atoms with Crippen LogP contribution >= 0.6 is 0 Å². The summed E-state index contributed by atoms with van der Waals surface area (Å²) < 4.78 is 17.2. The minimum Gasteiger partial charge on any atom is -0.405 e. The fourth-order valence-electron chi connectivity index (χ4n) is 7.25. The third-order valence-corrected chi connectivity index (χ3v) is 10.6. The van der Waals surface area contributed by atoms with E-state index in [4.69, 9.17) is 9.47 Å². The van der Waals surface area contributed by atoms with Gasteiger partial charge in [-0.15, -0.1) is 0 Å². The van der Waals surface area contributed by atoms with Gasteiger partial charge < -0.3 is 9.47 Å². The van der Waals surface area contributed by atoms with Crippen molar-refractivity contribution in [2.75, 3.05) is 0 Å². The van der Waals surface area contributed by atoms with Gasteiger partial charge in [0, 0.05) is 25.0 Å². The maximum atomic E-state index is 6.34. The molecule has 0 aliphatic heterocycles. The van der Waals surface area contributed by atoms with Gasteiger partial charge in [-0.2, -0.15) is 9.13 Å². The van der Waals surface area contributed by atoms with E-state index >= 15 is 0 Å². The van der Waals surface area contributed by atoms with E-state index in [1.54, 1.807) is 0 Å². The molecule has 0 spiro atoms. The van der Waals surface area contributed by atoms with Crippen molar-refractivity contribution in [3.05, 3.63) is 73.1 Å². The van der Waals surface area contributed by atoms with Crippen LogP contribution in [0.1, 0.15) is 194 Å². The SMILES string of the molecule is CCCCCCCCCCCCCCCC[n+]1ccccc1Oc1ccc(Oc2cccc[n+]2CCCCCCCCCCCCCCCC)cc1. The van der Waals surface area contributed by atoms with Gasteiger partial charge in [0.25, 0.3) is 0 Å². The summed E-state index contributed by atoms with van der Waals surface area (Å²) in [6.45, 7) is 6.57. The van der Waals surface area contributed by atoms with Crippen LogP contribution in [0.2, 0.25) is 0 Å². The van der Waals surface area contributed by atoms with Gasteiger partial charge in [-0.3, -0.25) is 0 Å². The number of nitrogens with zero attached hydrogens (tertiary/aromatic N) is 2. The maximum absolute atomic E-state index is 6.34. The smallest absolute Gasteiger partial charge is 0.373 e. The first-order valence-electron chi connectivity index (χ1n) is 22.2. The van der Waals surface area contributed by atoms with Crippen molar-refractivity contribution < 1.29 is 18.6 Å². The Morgan fingerprint density at radius 1 is 0.327 bits per heavy atom. The molecule has 0 amide bonds. The molecule has 0 saturated carbocycles. The highest BCUT2D eigenvalue weighted by Gasteiger charge is 2.14. The van der Waals surface area contributed by atoms with Crippen LogP contribution in [0.5, 0.6) is 23.3 Å². The highest BCUT2D eigenvalue weighted by atomic mass is 16.5. The van der Waals surface area contributed by atoms with Crippen LogP contribution < -0.4 is 18.6 Å². The van der Waals surface area contributed by atoms with Gasteiger partial charge in [0.15, 0.2) is 25.5 Å². The van der Waals surface area contributed by atoms with E-state index in [0.29, 0.717) is 0 Å². The molecule has 0 aliphatic carbocycles. The number of hydrogen-bond acceptors (Lipinski definition) is 2. The molecule has 3 aromatic rings. The summed E-state index contributed by atoms with van der Waals surface area (Å²) in [5, 5.41) is 0. The number of benzene rings is 1. The number of rotatable bonds is 34. The largest absolute Gasteiger partial charge is 0.405 e. The van der Waals surface area contributed by atoms with Gasteiger partial charge in [0.05, 0.1) is 12.1 Å². The lowest BCUT2D eigenvalue weighted by Crippen LogP contribution is -2.34. The molecule has 2 heterocycles. The molecule has 3 rings (SSSR count). The van der Waals surface area contributed by atoms with Crippen LogP contribution in [0.3, 0.4) is 0 Å². The zero-order valence-electron chi connectivity index (χ0n) is 33.9. The van der Waals surface area contributed by atoms with Crippen molar-refractivity contribution >= 4 is 0 Å². The topological polar surface area (TPSA) is 26.2 Å². The van der Waals surface area contributed by atoms with E-state index < -0.39 is 0 Å². The summed E-state index contributed by atoms with van der Waals surface area (Å²) >= 11 is 0. The summed E-state index contributed by atoms with van der Waals surface area (Å²) in [6.07, 6.45) is 43.0. The van der Waals surface area contributed by atoms with Crippen molar-refractivity contribution in [1.29, 1.82) is 0 Å². The van der Waals surface area contributed by atoms with Gasteiger partial charge in [-0.25, -0.2) is 0 Å². The summed E-state index contributed by atoms with van der Waals surface area (Å²) in [6, 6.07) is 20.5. The second-order valence-electron chi connectivity index (χ2n) is 15.3. The van der Waals surface area contributed by atoms with Crippen molar-refractivity contribution in [2.45, 2.75) is 207 Å². The predicted molar refractivity (Wildman–Crippen MR) is 220 cm³/mol. The van der Waals surface area contributed by atoms with Crippen molar-refractivity contribution in [3.63, 3.8) is 0 Å². The number of aryl methyl sites for hydroxylation is 2. The summed E-state index contributed by atoms with van der Waals surface area (Å²) in [5.74, 6) is 3.44. The summed E-state index contributed by atoms with van der Waals surface area (Å²) in [7, 11) is 0. The first-order chi connectivity index (χ1) is 25.8. The van der Waals surface area contributed by atoms with Crippen LogP contribution in [-0.2, 0) is 13.1 Å². The fraction of sp³-hybridized carbons (Fsp3) is 0.667. The van der Waals surface area contributed by atoms with Gasteiger partial charge in [-0.05, 0) is 49.2 Å². The van der Waals surface area contributed by atoms with Crippen LogP contribution in [0.4, 0.5) is 0 Å². The molecule has 1 aromatic carbocycles. The van der Waals surface area contributed by atoms with E-state index in [2.05, 4.69) is 71.8 Å². The average molecular weight is 715 g/mol. The first kappa shape index (κ1) is 43.5. The highest BCUT2D eigenvalue weighted by molar-refractivity contribution is 5.34. The molecule has 0 N–H and O–H groups in total. The molecule has 0 unspecified atom stereocenters. The molecule has 2 aromatic heterocycles. The molecule has 52 heavy (non-hydrogen) atoms. The molecule has 0 fully saturated rings. The Kier molecular flexibility index (Phi) is 25.6. The van der Waals surface area contributed by atoms with E-state index in [1.165, 1.54) is 180 Å². The molecule has 4 nitrogen and oxygen atoms in total. The minimum atomic E-state index is 0.830. The molecule has 290 valence electrons. The quantitative estimate of drug-likeness (QED) is 0.0455. The lowest BCUT2D eigenvalue weighted by Gasteiger charge is -2.08. The number of hydrogen-bond donors (Lipinski definition) is 0. The normalized spacial score (nSPS) is 11.3. The first-order valence-corrected chi connectivity index (χ1v) is 22.2. The predicted octanol–water partition coefficient (Wildman–Crippen LogP) is 14.8. The maximum Gasteiger partial charge on any atom is 0.373 e. The number of aromatic nitrogens is 2. The van der Waals surface area contributed by atoms with Crippen molar-refractivity contribution in [3.8, 4) is 23.3 Å². The average Bonchev–Trinajstić information content (AvgIpc) is 3.17. The Labute approximate surface area is 320 Å². The van der Waals surface area contributed by atoms with Gasteiger partial charge >= 0.3 is 11.8 Å². The lowest BCUT2D eigenvalue weighted by atomic mass is 10.0. The third-order valence-electron chi connectivity index (χ3n) is 10.6. The van der Waals surface area contributed by atoms with E-state index in [9.17, 15) is 0 Å². The van der Waals surface area contributed by atoms with Crippen molar-refractivity contribution in [1.82, 2.24) is 0 Å². The molecule has 0 aliphatic rings. The Morgan fingerprint density at radius 2 is 0.596 bits per heavy atom. The second-order valence-corrected chi connectivity index (χ2v) is 15.3. The van der Waals surface area contributed by atoms with Crippen molar-refractivity contribution in [2.24, 2.45) is 0 Å². The van der Waals surface area contributed by atoms with E-state index in [0.717, 1.165) is 36.3 Å². The van der Waals surface area contributed by atoms with E-state index in [-0.39, 0.29) is 0 Å². The lowest BCUT2D eigenvalue weighted by molar-refractivity contribution is -0.701. The van der Waals surface area contributed by atoms with Crippen LogP contribution in [0.15, 0.2) is 73.1 Å². The molecular formula is C48H78N2O2+2. The number of unbranched alkanes of at least 4 members (excludes halogenated alkanes) is 26. The summed E-state index contributed by atoms with van der Waals surface area (Å²) in [5.41, 5.74) is 0. The van der Waals surface area contributed by atoms with E-state index in [1.807, 2.05) is 24.3 Å². The molecule has 0 bridgehead atoms. The number of pyridine rings is 2. The Hall–Kier alpha value is -2.88. The second kappa shape index (κ2) is 30.6. The molecule has 0 saturated heterocycles. The molecule has 4 heteroatoms. The minimum absolute atomic E-state index is 0.830. The molecule has 0 radical (unpaired) electrons. The monoisotopic (exact) mass is 715 g/mol. The third kappa shape index (κ3) is 21.0. The zero-order chi connectivity index (χ0) is 36.6. The van der Waals surface area contributed by atoms with Gasteiger partial charge in [0.2, 0.25) is 0 Å². The zero-order valence-corrected chi connectivity index (χ0v) is 33.9.